The molecular formula is C27H27NO4. The first-order chi connectivity index (χ1) is 15.5. The Morgan fingerprint density at radius 1 is 1.03 bits per heavy atom. The first-order valence-electron chi connectivity index (χ1n) is 10.9. The summed E-state index contributed by atoms with van der Waals surface area (Å²) in [6.07, 6.45) is 2.30. The Morgan fingerprint density at radius 3 is 2.38 bits per heavy atom. The molecule has 0 radical (unpaired) electrons. The maximum absolute atomic E-state index is 13.3. The number of Topliss-reactive ketones (excluding diaryl/α,β-unsaturated/α-hetero) is 1. The van der Waals surface area contributed by atoms with Crippen LogP contribution in [-0.2, 0) is 22.6 Å². The Labute approximate surface area is 188 Å². The van der Waals surface area contributed by atoms with Crippen LogP contribution in [0.1, 0.15) is 54.7 Å². The minimum atomic E-state index is -0.655. The van der Waals surface area contributed by atoms with Crippen LogP contribution in [0.2, 0.25) is 0 Å². The number of hydrogen-bond acceptors (Lipinski definition) is 4. The molecule has 1 amide bonds. The Balaban J connectivity index is 1.66. The van der Waals surface area contributed by atoms with Crippen LogP contribution in [-0.4, -0.2) is 21.7 Å². The van der Waals surface area contributed by atoms with E-state index in [9.17, 15) is 14.7 Å². The third-order valence-corrected chi connectivity index (χ3v) is 5.91. The van der Waals surface area contributed by atoms with Gasteiger partial charge in [-0.2, -0.15) is 0 Å². The van der Waals surface area contributed by atoms with Gasteiger partial charge in [-0.3, -0.25) is 9.59 Å². The maximum atomic E-state index is 13.3. The zero-order valence-electron chi connectivity index (χ0n) is 18.3. The molecule has 3 aromatic rings. The molecule has 0 saturated carbocycles. The predicted octanol–water partition coefficient (Wildman–Crippen LogP) is 5.50. The molecule has 5 heteroatoms. The quantitative estimate of drug-likeness (QED) is 0.513. The second kappa shape index (κ2) is 9.27. The van der Waals surface area contributed by atoms with Crippen molar-refractivity contribution in [3.8, 4) is 0 Å². The van der Waals surface area contributed by atoms with Crippen LogP contribution < -0.4 is 0 Å². The van der Waals surface area contributed by atoms with Gasteiger partial charge in [0.05, 0.1) is 24.4 Å². The fourth-order valence-corrected chi connectivity index (χ4v) is 4.12. The molecule has 1 atom stereocenters. The number of aryl methyl sites for hydroxylation is 1. The standard InChI is InChI=1S/C27H27NO4/c1-18(2)20-11-13-21(14-12-20)25-24(23(29)15-10-19-7-4-3-5-8-19)26(30)27(31)28(25)17-22-9-6-16-32-22/h3-9,11-14,16,18,25,30H,10,15,17H2,1-2H3. The molecule has 2 heterocycles. The Hall–Kier alpha value is -3.60. The van der Waals surface area contributed by atoms with E-state index in [-0.39, 0.29) is 24.3 Å². The summed E-state index contributed by atoms with van der Waals surface area (Å²) in [7, 11) is 0. The van der Waals surface area contributed by atoms with Crippen molar-refractivity contribution in [1.82, 2.24) is 4.90 Å². The molecule has 1 aromatic heterocycles. The molecule has 164 valence electrons. The zero-order valence-corrected chi connectivity index (χ0v) is 18.3. The molecule has 1 unspecified atom stereocenters. The van der Waals surface area contributed by atoms with Gasteiger partial charge in [0, 0.05) is 6.42 Å². The Bertz CT molecular complexity index is 1110. The molecule has 0 fully saturated rings. The number of furan rings is 1. The van der Waals surface area contributed by atoms with Crippen LogP contribution >= 0.6 is 0 Å². The van der Waals surface area contributed by atoms with Gasteiger partial charge in [-0.15, -0.1) is 0 Å². The fraction of sp³-hybridized carbons (Fsp3) is 0.259. The summed E-state index contributed by atoms with van der Waals surface area (Å²) in [5.41, 5.74) is 3.16. The van der Waals surface area contributed by atoms with Gasteiger partial charge in [0.2, 0.25) is 0 Å². The molecule has 32 heavy (non-hydrogen) atoms. The van der Waals surface area contributed by atoms with Crippen molar-refractivity contribution in [2.24, 2.45) is 0 Å². The van der Waals surface area contributed by atoms with Crippen molar-refractivity contribution in [3.05, 3.63) is 107 Å². The number of amides is 1. The number of nitrogens with zero attached hydrogens (tertiary/aromatic N) is 1. The molecule has 1 N–H and O–H groups in total. The summed E-state index contributed by atoms with van der Waals surface area (Å²) in [6, 6.07) is 20.5. The molecule has 0 bridgehead atoms. The number of carbonyl (C=O) groups is 2. The highest BCUT2D eigenvalue weighted by atomic mass is 16.3. The SMILES string of the molecule is CC(C)c1ccc(C2C(C(=O)CCc3ccccc3)=C(O)C(=O)N2Cc2ccco2)cc1. The average molecular weight is 430 g/mol. The smallest absolute Gasteiger partial charge is 0.290 e. The molecule has 1 aliphatic rings. The van der Waals surface area contributed by atoms with Gasteiger partial charge >= 0.3 is 0 Å². The zero-order chi connectivity index (χ0) is 22.7. The molecule has 5 nitrogen and oxygen atoms in total. The number of ketones is 1. The molecule has 2 aromatic carbocycles. The van der Waals surface area contributed by atoms with Crippen molar-refractivity contribution in [2.45, 2.75) is 45.2 Å². The van der Waals surface area contributed by atoms with Crippen molar-refractivity contribution < 1.29 is 19.1 Å². The van der Waals surface area contributed by atoms with E-state index in [1.54, 1.807) is 18.4 Å². The lowest BCUT2D eigenvalue weighted by Gasteiger charge is -2.26. The minimum absolute atomic E-state index is 0.162. The normalized spacial score (nSPS) is 16.3. The van der Waals surface area contributed by atoms with Gasteiger partial charge in [0.1, 0.15) is 5.76 Å². The Kier molecular flexibility index (Phi) is 6.26. The van der Waals surface area contributed by atoms with Gasteiger partial charge in [0.15, 0.2) is 11.5 Å². The van der Waals surface area contributed by atoms with Crippen LogP contribution in [0.5, 0.6) is 0 Å². The van der Waals surface area contributed by atoms with Gasteiger partial charge in [-0.1, -0.05) is 68.4 Å². The summed E-state index contributed by atoms with van der Waals surface area (Å²) in [6.45, 7) is 4.39. The highest BCUT2D eigenvalue weighted by molar-refractivity contribution is 6.09. The van der Waals surface area contributed by atoms with E-state index in [0.717, 1.165) is 11.1 Å². The van der Waals surface area contributed by atoms with E-state index in [2.05, 4.69) is 13.8 Å². The van der Waals surface area contributed by atoms with Crippen molar-refractivity contribution >= 4 is 11.7 Å². The molecule has 0 aliphatic carbocycles. The average Bonchev–Trinajstić information content (AvgIpc) is 3.40. The fourth-order valence-electron chi connectivity index (χ4n) is 4.12. The summed E-state index contributed by atoms with van der Waals surface area (Å²) in [5.74, 6) is -0.285. The highest BCUT2D eigenvalue weighted by Gasteiger charge is 2.43. The number of carbonyl (C=O) groups excluding carboxylic acids is 2. The van der Waals surface area contributed by atoms with E-state index < -0.39 is 17.7 Å². The van der Waals surface area contributed by atoms with E-state index in [4.69, 9.17) is 4.42 Å². The Morgan fingerprint density at radius 2 is 1.75 bits per heavy atom. The monoisotopic (exact) mass is 429 g/mol. The third-order valence-electron chi connectivity index (χ3n) is 5.91. The molecule has 0 spiro atoms. The van der Waals surface area contributed by atoms with Crippen molar-refractivity contribution in [3.63, 3.8) is 0 Å². The topological polar surface area (TPSA) is 70.8 Å². The van der Waals surface area contributed by atoms with E-state index in [1.807, 2.05) is 54.6 Å². The lowest BCUT2D eigenvalue weighted by Crippen LogP contribution is -2.30. The largest absolute Gasteiger partial charge is 0.503 e. The van der Waals surface area contributed by atoms with Gasteiger partial charge < -0.3 is 14.4 Å². The molecule has 4 rings (SSSR count). The van der Waals surface area contributed by atoms with E-state index >= 15 is 0 Å². The van der Waals surface area contributed by atoms with Gasteiger partial charge in [-0.25, -0.2) is 0 Å². The predicted molar refractivity (Wildman–Crippen MR) is 122 cm³/mol. The highest BCUT2D eigenvalue weighted by Crippen LogP contribution is 2.39. The number of rotatable bonds is 8. The number of benzene rings is 2. The molecule has 1 aliphatic heterocycles. The van der Waals surface area contributed by atoms with Crippen LogP contribution in [0.15, 0.2) is 88.7 Å². The minimum Gasteiger partial charge on any atom is -0.503 e. The van der Waals surface area contributed by atoms with Crippen LogP contribution in [0.4, 0.5) is 0 Å². The lowest BCUT2D eigenvalue weighted by molar-refractivity contribution is -0.130. The van der Waals surface area contributed by atoms with Gasteiger partial charge in [-0.05, 0) is 41.2 Å². The van der Waals surface area contributed by atoms with Gasteiger partial charge in [0.25, 0.3) is 5.91 Å². The lowest BCUT2D eigenvalue weighted by atomic mass is 9.91. The number of aliphatic hydroxyl groups excluding tert-OH is 1. The second-order valence-electron chi connectivity index (χ2n) is 8.41. The van der Waals surface area contributed by atoms with Crippen LogP contribution in [0, 0.1) is 0 Å². The first kappa shape index (κ1) is 21.6. The third kappa shape index (κ3) is 4.37. The molecular weight excluding hydrogens is 402 g/mol. The summed E-state index contributed by atoms with van der Waals surface area (Å²) >= 11 is 0. The second-order valence-corrected chi connectivity index (χ2v) is 8.41. The summed E-state index contributed by atoms with van der Waals surface area (Å²) < 4.78 is 5.44. The number of hydrogen-bond donors (Lipinski definition) is 1. The summed E-state index contributed by atoms with van der Waals surface area (Å²) in [5, 5.41) is 10.7. The molecule has 0 saturated heterocycles. The van der Waals surface area contributed by atoms with Crippen LogP contribution in [0.3, 0.4) is 0 Å². The maximum Gasteiger partial charge on any atom is 0.290 e. The van der Waals surface area contributed by atoms with E-state index in [1.165, 1.54) is 10.5 Å². The summed E-state index contributed by atoms with van der Waals surface area (Å²) in [4.78, 5) is 27.8. The van der Waals surface area contributed by atoms with E-state index in [0.29, 0.717) is 18.1 Å². The van der Waals surface area contributed by atoms with Crippen molar-refractivity contribution in [1.29, 1.82) is 0 Å². The van der Waals surface area contributed by atoms with Crippen LogP contribution in [0.25, 0.3) is 0 Å². The number of aliphatic hydroxyl groups is 1. The first-order valence-corrected chi connectivity index (χ1v) is 10.9. The van der Waals surface area contributed by atoms with Crippen molar-refractivity contribution in [2.75, 3.05) is 0 Å².